The first-order chi connectivity index (χ1) is 9.20. The van der Waals surface area contributed by atoms with Crippen LogP contribution in [0.15, 0.2) is 18.2 Å². The summed E-state index contributed by atoms with van der Waals surface area (Å²) in [5.41, 5.74) is 2.45. The summed E-state index contributed by atoms with van der Waals surface area (Å²) in [6.45, 7) is 4.09. The van der Waals surface area contributed by atoms with E-state index in [1.165, 1.54) is 0 Å². The summed E-state index contributed by atoms with van der Waals surface area (Å²) in [6, 6.07) is 5.39. The summed E-state index contributed by atoms with van der Waals surface area (Å²) in [5, 5.41) is 11.7. The van der Waals surface area contributed by atoms with Crippen LogP contribution in [0.2, 0.25) is 0 Å². The fourth-order valence-corrected chi connectivity index (χ4v) is 1.90. The number of likely N-dealkylation sites (N-methyl/N-ethyl adjacent to an activating group) is 1. The molecule has 1 aromatic carbocycles. The van der Waals surface area contributed by atoms with Crippen molar-refractivity contribution in [3.05, 3.63) is 23.8 Å². The van der Waals surface area contributed by atoms with Gasteiger partial charge in [-0.05, 0) is 25.1 Å². The van der Waals surface area contributed by atoms with Crippen molar-refractivity contribution in [1.29, 1.82) is 0 Å². The number of nitrogens with one attached hydrogen (secondary N) is 4. The van der Waals surface area contributed by atoms with E-state index in [1.807, 2.05) is 13.0 Å². The highest BCUT2D eigenvalue weighted by atomic mass is 16.2. The zero-order chi connectivity index (χ0) is 13.7. The molecular weight excluding hydrogens is 244 g/mol. The van der Waals surface area contributed by atoms with Gasteiger partial charge < -0.3 is 21.3 Å². The van der Waals surface area contributed by atoms with Gasteiger partial charge in [-0.1, -0.05) is 0 Å². The van der Waals surface area contributed by atoms with E-state index in [4.69, 9.17) is 0 Å². The molecule has 0 radical (unpaired) electrons. The van der Waals surface area contributed by atoms with Gasteiger partial charge in [0.05, 0.1) is 17.9 Å². The summed E-state index contributed by atoms with van der Waals surface area (Å²) in [4.78, 5) is 23.2. The molecule has 0 aliphatic carbocycles. The van der Waals surface area contributed by atoms with Crippen LogP contribution < -0.4 is 21.3 Å². The molecule has 0 atom stereocenters. The van der Waals surface area contributed by atoms with E-state index in [9.17, 15) is 9.59 Å². The van der Waals surface area contributed by atoms with Crippen molar-refractivity contribution in [3.8, 4) is 0 Å². The minimum Gasteiger partial charge on any atom is -0.382 e. The van der Waals surface area contributed by atoms with Gasteiger partial charge in [-0.2, -0.15) is 0 Å². The van der Waals surface area contributed by atoms with Crippen molar-refractivity contribution in [1.82, 2.24) is 10.6 Å². The van der Waals surface area contributed by atoms with E-state index < -0.39 is 0 Å². The number of anilines is 2. The highest BCUT2D eigenvalue weighted by Crippen LogP contribution is 2.25. The monoisotopic (exact) mass is 262 g/mol. The third kappa shape index (κ3) is 3.37. The first-order valence-corrected chi connectivity index (χ1v) is 6.37. The van der Waals surface area contributed by atoms with Crippen LogP contribution in [0.25, 0.3) is 0 Å². The molecule has 0 spiro atoms. The van der Waals surface area contributed by atoms with Gasteiger partial charge in [0.2, 0.25) is 5.91 Å². The Morgan fingerprint density at radius 1 is 1.16 bits per heavy atom. The van der Waals surface area contributed by atoms with Crippen LogP contribution in [-0.4, -0.2) is 38.0 Å². The fraction of sp³-hybridized carbons (Fsp3) is 0.385. The normalized spacial score (nSPS) is 12.7. The second kappa shape index (κ2) is 6.08. The van der Waals surface area contributed by atoms with Gasteiger partial charge >= 0.3 is 0 Å². The molecule has 0 saturated heterocycles. The Labute approximate surface area is 112 Å². The fourth-order valence-electron chi connectivity index (χ4n) is 1.90. The van der Waals surface area contributed by atoms with Crippen LogP contribution in [0, 0.1) is 0 Å². The molecule has 102 valence electrons. The molecule has 19 heavy (non-hydrogen) atoms. The Morgan fingerprint density at radius 2 is 1.89 bits per heavy atom. The topological polar surface area (TPSA) is 82.3 Å². The second-order valence-electron chi connectivity index (χ2n) is 4.25. The molecule has 2 rings (SSSR count). The van der Waals surface area contributed by atoms with Crippen molar-refractivity contribution in [2.75, 3.05) is 36.8 Å². The summed E-state index contributed by atoms with van der Waals surface area (Å²) in [6.07, 6.45) is 0. The van der Waals surface area contributed by atoms with Crippen LogP contribution >= 0.6 is 0 Å². The molecule has 0 fully saturated rings. The summed E-state index contributed by atoms with van der Waals surface area (Å²) >= 11 is 0. The van der Waals surface area contributed by atoms with Gasteiger partial charge in [0.25, 0.3) is 5.91 Å². The lowest BCUT2D eigenvalue weighted by atomic mass is 10.1. The number of hydrogen-bond acceptors (Lipinski definition) is 4. The minimum absolute atomic E-state index is 0.00453. The van der Waals surface area contributed by atoms with Crippen LogP contribution in [0.5, 0.6) is 0 Å². The maximum atomic E-state index is 11.9. The van der Waals surface area contributed by atoms with Crippen LogP contribution in [-0.2, 0) is 4.79 Å². The standard InChI is InChI=1S/C13H18N4O2/c1-2-14-12(18)8-17-13(19)9-3-4-10-11(7-9)16-6-5-15-10/h3-4,7,15-16H,2,5-6,8H2,1H3,(H,14,18)(H,17,19). The lowest BCUT2D eigenvalue weighted by molar-refractivity contribution is -0.120. The molecule has 6 nitrogen and oxygen atoms in total. The molecular formula is C13H18N4O2. The van der Waals surface area contributed by atoms with Crippen LogP contribution in [0.1, 0.15) is 17.3 Å². The number of fused-ring (bicyclic) bond motifs is 1. The average Bonchev–Trinajstić information content (AvgIpc) is 2.44. The number of hydrogen-bond donors (Lipinski definition) is 4. The highest BCUT2D eigenvalue weighted by molar-refractivity contribution is 5.98. The number of benzene rings is 1. The Morgan fingerprint density at radius 3 is 2.63 bits per heavy atom. The Hall–Kier alpha value is -2.24. The third-order valence-corrected chi connectivity index (χ3v) is 2.82. The molecule has 0 unspecified atom stereocenters. The van der Waals surface area contributed by atoms with E-state index in [-0.39, 0.29) is 18.4 Å². The number of rotatable bonds is 4. The predicted octanol–water partition coefficient (Wildman–Crippen LogP) is 0.390. The molecule has 4 N–H and O–H groups in total. The van der Waals surface area contributed by atoms with Gasteiger partial charge in [0.15, 0.2) is 0 Å². The molecule has 1 heterocycles. The molecule has 0 aromatic heterocycles. The summed E-state index contributed by atoms with van der Waals surface area (Å²) in [7, 11) is 0. The van der Waals surface area contributed by atoms with Crippen molar-refractivity contribution in [2.24, 2.45) is 0 Å². The van der Waals surface area contributed by atoms with Gasteiger partial charge in [-0.15, -0.1) is 0 Å². The van der Waals surface area contributed by atoms with E-state index in [0.29, 0.717) is 12.1 Å². The molecule has 1 aliphatic heterocycles. The van der Waals surface area contributed by atoms with Crippen molar-refractivity contribution < 1.29 is 9.59 Å². The maximum absolute atomic E-state index is 11.9. The van der Waals surface area contributed by atoms with Gasteiger partial charge in [0.1, 0.15) is 0 Å². The van der Waals surface area contributed by atoms with Crippen molar-refractivity contribution >= 4 is 23.2 Å². The van der Waals surface area contributed by atoms with Crippen molar-refractivity contribution in [2.45, 2.75) is 6.92 Å². The van der Waals surface area contributed by atoms with Crippen LogP contribution in [0.4, 0.5) is 11.4 Å². The Bertz CT molecular complexity index is 488. The number of carbonyl (C=O) groups is 2. The van der Waals surface area contributed by atoms with Crippen molar-refractivity contribution in [3.63, 3.8) is 0 Å². The lowest BCUT2D eigenvalue weighted by Crippen LogP contribution is -2.36. The first kappa shape index (κ1) is 13.2. The van der Waals surface area contributed by atoms with E-state index >= 15 is 0 Å². The zero-order valence-electron chi connectivity index (χ0n) is 10.9. The molecule has 6 heteroatoms. The van der Waals surface area contributed by atoms with Gasteiger partial charge in [-0.25, -0.2) is 0 Å². The summed E-state index contributed by atoms with van der Waals surface area (Å²) < 4.78 is 0. The molecule has 1 aliphatic rings. The first-order valence-electron chi connectivity index (χ1n) is 6.37. The quantitative estimate of drug-likeness (QED) is 0.632. The average molecular weight is 262 g/mol. The number of amides is 2. The number of carbonyl (C=O) groups excluding carboxylic acids is 2. The predicted molar refractivity (Wildman–Crippen MR) is 74.4 cm³/mol. The lowest BCUT2D eigenvalue weighted by Gasteiger charge is -2.20. The zero-order valence-corrected chi connectivity index (χ0v) is 10.9. The third-order valence-electron chi connectivity index (χ3n) is 2.82. The van der Waals surface area contributed by atoms with E-state index in [1.54, 1.807) is 12.1 Å². The maximum Gasteiger partial charge on any atom is 0.251 e. The van der Waals surface area contributed by atoms with Gasteiger partial charge in [0, 0.05) is 25.2 Å². The largest absolute Gasteiger partial charge is 0.382 e. The highest BCUT2D eigenvalue weighted by Gasteiger charge is 2.12. The van der Waals surface area contributed by atoms with E-state index in [0.717, 1.165) is 24.5 Å². The molecule has 0 bridgehead atoms. The van der Waals surface area contributed by atoms with E-state index in [2.05, 4.69) is 21.3 Å². The molecule has 0 saturated carbocycles. The van der Waals surface area contributed by atoms with Gasteiger partial charge in [-0.3, -0.25) is 9.59 Å². The molecule has 1 aromatic rings. The SMILES string of the molecule is CCNC(=O)CNC(=O)c1ccc2c(c1)NCCN2. The smallest absolute Gasteiger partial charge is 0.251 e. The minimum atomic E-state index is -0.249. The summed E-state index contributed by atoms with van der Waals surface area (Å²) in [5.74, 6) is -0.435. The molecule has 2 amide bonds. The Kier molecular flexibility index (Phi) is 4.22. The second-order valence-corrected chi connectivity index (χ2v) is 4.25. The van der Waals surface area contributed by atoms with Crippen LogP contribution in [0.3, 0.4) is 0 Å². The Balaban J connectivity index is 1.97.